The molecule has 2 aromatic carbocycles. The minimum atomic E-state index is -1.41. The first-order chi connectivity index (χ1) is 16.5. The summed E-state index contributed by atoms with van der Waals surface area (Å²) in [4.78, 5) is 28.9. The molecule has 172 valence electrons. The second-order valence-electron chi connectivity index (χ2n) is 8.41. The normalized spacial score (nSPS) is 25.5. The van der Waals surface area contributed by atoms with Gasteiger partial charge >= 0.3 is 11.9 Å². The molecule has 9 heteroatoms. The molecule has 4 unspecified atom stereocenters. The number of para-hydroxylation sites is 2. The van der Waals surface area contributed by atoms with Crippen LogP contribution in [0.5, 0.6) is 0 Å². The summed E-state index contributed by atoms with van der Waals surface area (Å²) in [6, 6.07) is 14.6. The van der Waals surface area contributed by atoms with Gasteiger partial charge < -0.3 is 34.3 Å². The topological polar surface area (TPSA) is 134 Å². The molecule has 4 heterocycles. The van der Waals surface area contributed by atoms with Crippen LogP contribution in [0.3, 0.4) is 0 Å². The Hall–Kier alpha value is -3.76. The summed E-state index contributed by atoms with van der Waals surface area (Å²) in [7, 11) is 0. The molecule has 2 aliphatic heterocycles. The molecular formula is C25H20N2O7. The maximum absolute atomic E-state index is 12.9. The predicted molar refractivity (Wildman–Crippen MR) is 121 cm³/mol. The largest absolute Gasteiger partial charge is 0.388 e. The third-order valence-corrected chi connectivity index (χ3v) is 6.46. The Kier molecular flexibility index (Phi) is 4.68. The highest BCUT2D eigenvalue weighted by atomic mass is 16.6. The van der Waals surface area contributed by atoms with Crippen LogP contribution in [0, 0.1) is 0 Å². The number of carbonyl (C=O) groups is 2. The van der Waals surface area contributed by atoms with Crippen molar-refractivity contribution in [3.63, 3.8) is 0 Å². The number of aliphatic hydroxyl groups excluding tert-OH is 3. The quantitative estimate of drug-likeness (QED) is 0.270. The van der Waals surface area contributed by atoms with Gasteiger partial charge in [-0.25, -0.2) is 9.59 Å². The Morgan fingerprint density at radius 3 is 2.32 bits per heavy atom. The first kappa shape index (κ1) is 20.8. The third-order valence-electron chi connectivity index (χ3n) is 6.46. The van der Waals surface area contributed by atoms with E-state index in [4.69, 9.17) is 9.47 Å². The number of carbonyl (C=O) groups excluding carboxylic acids is 2. The number of ether oxygens (including phenoxy) is 2. The zero-order valence-corrected chi connectivity index (χ0v) is 17.7. The van der Waals surface area contributed by atoms with Gasteiger partial charge in [0.25, 0.3) is 0 Å². The van der Waals surface area contributed by atoms with Gasteiger partial charge in [-0.15, -0.1) is 0 Å². The number of H-pyrrole nitrogens is 1. The molecule has 4 aromatic rings. The van der Waals surface area contributed by atoms with E-state index < -0.39 is 36.5 Å². The molecule has 0 radical (unpaired) electrons. The lowest BCUT2D eigenvalue weighted by Crippen LogP contribution is -2.50. The highest BCUT2D eigenvalue weighted by molar-refractivity contribution is 6.46. The predicted octanol–water partition coefficient (Wildman–Crippen LogP) is 1.73. The first-order valence-electron chi connectivity index (χ1n) is 10.8. The lowest BCUT2D eigenvalue weighted by Gasteiger charge is -2.36. The number of nitrogens with zero attached hydrogens (tertiary/aromatic N) is 1. The summed E-state index contributed by atoms with van der Waals surface area (Å²) in [5.74, 6) is -1.51. The van der Waals surface area contributed by atoms with Gasteiger partial charge in [0.15, 0.2) is 6.23 Å². The average Bonchev–Trinajstić information content (AvgIpc) is 3.50. The fourth-order valence-corrected chi connectivity index (χ4v) is 4.81. The number of benzene rings is 2. The van der Waals surface area contributed by atoms with Crippen LogP contribution in [0.1, 0.15) is 17.4 Å². The summed E-state index contributed by atoms with van der Waals surface area (Å²) in [6.45, 7) is -0.172. The lowest BCUT2D eigenvalue weighted by molar-refractivity contribution is -0.209. The Labute approximate surface area is 192 Å². The SMILES string of the molecule is O=C1OC(=O)C(c2cn(C3OCC(O)C(O)C3O)c3ccccc23)=C1c1c[nH]c2ccccc12. The van der Waals surface area contributed by atoms with Crippen LogP contribution in [0.25, 0.3) is 33.0 Å². The van der Waals surface area contributed by atoms with E-state index >= 15 is 0 Å². The monoisotopic (exact) mass is 460 g/mol. The van der Waals surface area contributed by atoms with Crippen molar-refractivity contribution >= 4 is 44.9 Å². The molecule has 6 rings (SSSR count). The molecule has 4 atom stereocenters. The number of cyclic esters (lactones) is 2. The van der Waals surface area contributed by atoms with Crippen LogP contribution in [-0.2, 0) is 19.1 Å². The maximum atomic E-state index is 12.9. The van der Waals surface area contributed by atoms with Crippen molar-refractivity contribution in [1.82, 2.24) is 9.55 Å². The van der Waals surface area contributed by atoms with E-state index in [2.05, 4.69) is 4.98 Å². The first-order valence-corrected chi connectivity index (χ1v) is 10.8. The molecule has 0 saturated carbocycles. The van der Waals surface area contributed by atoms with Crippen LogP contribution in [0.4, 0.5) is 0 Å². The molecule has 1 saturated heterocycles. The molecule has 34 heavy (non-hydrogen) atoms. The third kappa shape index (κ3) is 2.95. The van der Waals surface area contributed by atoms with Crippen molar-refractivity contribution in [2.24, 2.45) is 0 Å². The van der Waals surface area contributed by atoms with Crippen molar-refractivity contribution in [2.45, 2.75) is 24.5 Å². The summed E-state index contributed by atoms with van der Waals surface area (Å²) in [5, 5.41) is 32.0. The van der Waals surface area contributed by atoms with Gasteiger partial charge in [-0.1, -0.05) is 36.4 Å². The van der Waals surface area contributed by atoms with Gasteiger partial charge in [0.2, 0.25) is 0 Å². The van der Waals surface area contributed by atoms with E-state index in [-0.39, 0.29) is 17.8 Å². The molecule has 0 amide bonds. The average molecular weight is 460 g/mol. The van der Waals surface area contributed by atoms with Gasteiger partial charge in [0.1, 0.15) is 18.3 Å². The van der Waals surface area contributed by atoms with E-state index in [0.29, 0.717) is 22.0 Å². The zero-order valence-electron chi connectivity index (χ0n) is 17.7. The van der Waals surface area contributed by atoms with Gasteiger partial charge in [-0.05, 0) is 12.1 Å². The number of hydrogen-bond acceptors (Lipinski definition) is 7. The van der Waals surface area contributed by atoms with Gasteiger partial charge in [0.05, 0.1) is 23.3 Å². The zero-order chi connectivity index (χ0) is 23.6. The Morgan fingerprint density at radius 2 is 1.53 bits per heavy atom. The number of aromatic amines is 1. The Bertz CT molecular complexity index is 1500. The van der Waals surface area contributed by atoms with E-state index in [1.807, 2.05) is 24.3 Å². The van der Waals surface area contributed by atoms with Crippen LogP contribution < -0.4 is 0 Å². The Morgan fingerprint density at radius 1 is 0.853 bits per heavy atom. The number of esters is 2. The van der Waals surface area contributed by atoms with E-state index in [1.165, 1.54) is 0 Å². The van der Waals surface area contributed by atoms with Gasteiger partial charge in [-0.2, -0.15) is 0 Å². The van der Waals surface area contributed by atoms with Crippen LogP contribution in [0.15, 0.2) is 60.9 Å². The summed E-state index contributed by atoms with van der Waals surface area (Å²) in [6.07, 6.45) is -1.76. The van der Waals surface area contributed by atoms with Crippen LogP contribution in [-0.4, -0.2) is 61.7 Å². The highest BCUT2D eigenvalue weighted by Gasteiger charge is 2.41. The van der Waals surface area contributed by atoms with Crippen molar-refractivity contribution < 1.29 is 34.4 Å². The summed E-state index contributed by atoms with van der Waals surface area (Å²) in [5.41, 5.74) is 2.66. The highest BCUT2D eigenvalue weighted by Crippen LogP contribution is 2.41. The fraction of sp³-hybridized carbons (Fsp3) is 0.200. The number of rotatable bonds is 3. The van der Waals surface area contributed by atoms with E-state index in [1.54, 1.807) is 41.2 Å². The van der Waals surface area contributed by atoms with E-state index in [0.717, 1.165) is 10.9 Å². The fourth-order valence-electron chi connectivity index (χ4n) is 4.81. The van der Waals surface area contributed by atoms with E-state index in [9.17, 15) is 24.9 Å². The number of fused-ring (bicyclic) bond motifs is 2. The minimum absolute atomic E-state index is 0.107. The maximum Gasteiger partial charge on any atom is 0.347 e. The number of aliphatic hydroxyl groups is 3. The molecule has 2 aromatic heterocycles. The van der Waals surface area contributed by atoms with Crippen molar-refractivity contribution in [3.05, 3.63) is 72.1 Å². The van der Waals surface area contributed by atoms with Crippen molar-refractivity contribution in [1.29, 1.82) is 0 Å². The van der Waals surface area contributed by atoms with Crippen LogP contribution >= 0.6 is 0 Å². The molecule has 2 aliphatic rings. The van der Waals surface area contributed by atoms with Crippen molar-refractivity contribution in [2.75, 3.05) is 6.61 Å². The van der Waals surface area contributed by atoms with Crippen LogP contribution in [0.2, 0.25) is 0 Å². The van der Waals surface area contributed by atoms with Gasteiger partial charge in [0, 0.05) is 39.8 Å². The smallest absolute Gasteiger partial charge is 0.347 e. The molecule has 0 bridgehead atoms. The second-order valence-corrected chi connectivity index (χ2v) is 8.41. The minimum Gasteiger partial charge on any atom is -0.388 e. The lowest BCUT2D eigenvalue weighted by atomic mass is 9.95. The number of nitrogens with one attached hydrogen (secondary N) is 1. The molecule has 9 nitrogen and oxygen atoms in total. The molecule has 1 fully saturated rings. The Balaban J connectivity index is 1.59. The summed E-state index contributed by atoms with van der Waals surface area (Å²) < 4.78 is 12.3. The summed E-state index contributed by atoms with van der Waals surface area (Å²) >= 11 is 0. The molecule has 0 aliphatic carbocycles. The number of aromatic nitrogens is 2. The molecule has 0 spiro atoms. The standard InChI is InChI=1S/C25H20N2O7/c28-18-11-33-23(22(30)21(18)29)27-10-15(13-6-2-4-8-17(13)27)20-19(24(31)34-25(20)32)14-9-26-16-7-3-1-5-12(14)16/h1-10,18,21-23,26,28-30H,11H2. The number of hydrogen-bond donors (Lipinski definition) is 4. The molecular weight excluding hydrogens is 440 g/mol. The van der Waals surface area contributed by atoms with Gasteiger partial charge in [-0.3, -0.25) is 0 Å². The van der Waals surface area contributed by atoms with Crippen molar-refractivity contribution in [3.8, 4) is 0 Å². The molecule has 4 N–H and O–H groups in total. The second kappa shape index (κ2) is 7.64.